The number of hydrogen-bond acceptors (Lipinski definition) is 4. The molecule has 1 heterocycles. The molecule has 0 spiro atoms. The van der Waals surface area contributed by atoms with E-state index >= 15 is 0 Å². The van der Waals surface area contributed by atoms with E-state index in [0.29, 0.717) is 24.5 Å². The second-order valence-electron chi connectivity index (χ2n) is 4.56. The zero-order valence-corrected chi connectivity index (χ0v) is 11.4. The largest absolute Gasteiger partial charge is 0.374 e. The Morgan fingerprint density at radius 3 is 2.83 bits per heavy atom. The van der Waals surface area contributed by atoms with Crippen LogP contribution in [0.3, 0.4) is 0 Å². The second-order valence-corrected chi connectivity index (χ2v) is 4.56. The van der Waals surface area contributed by atoms with Gasteiger partial charge in [-0.1, -0.05) is 0 Å². The molecular weight excluding hydrogens is 230 g/mol. The first-order valence-electron chi connectivity index (χ1n) is 6.04. The average Bonchev–Trinajstić information content (AvgIpc) is 2.36. The van der Waals surface area contributed by atoms with E-state index in [-0.39, 0.29) is 11.5 Å². The molecule has 18 heavy (non-hydrogen) atoms. The predicted octanol–water partition coefficient (Wildman–Crippen LogP) is 1.67. The van der Waals surface area contributed by atoms with Crippen molar-refractivity contribution in [1.29, 1.82) is 0 Å². The molecule has 2 N–H and O–H groups in total. The van der Waals surface area contributed by atoms with Crippen LogP contribution in [-0.4, -0.2) is 36.7 Å². The molecule has 0 aliphatic heterocycles. The smallest absolute Gasteiger partial charge is 0.251 e. The fraction of sp³-hybridized carbons (Fsp3) is 0.538. The lowest BCUT2D eigenvalue weighted by Crippen LogP contribution is -2.40. The molecule has 0 aromatic carbocycles. The van der Waals surface area contributed by atoms with Crippen LogP contribution in [0.4, 0.5) is 5.82 Å². The van der Waals surface area contributed by atoms with E-state index in [9.17, 15) is 4.79 Å². The van der Waals surface area contributed by atoms with Crippen molar-refractivity contribution in [2.75, 3.05) is 25.5 Å². The summed E-state index contributed by atoms with van der Waals surface area (Å²) in [4.78, 5) is 16.0. The lowest BCUT2D eigenvalue weighted by atomic mass is 10.1. The molecule has 1 amide bonds. The fourth-order valence-electron chi connectivity index (χ4n) is 1.55. The lowest BCUT2D eigenvalue weighted by Gasteiger charge is -2.24. The van der Waals surface area contributed by atoms with Crippen LogP contribution < -0.4 is 10.6 Å². The van der Waals surface area contributed by atoms with Gasteiger partial charge in [0.15, 0.2) is 0 Å². The lowest BCUT2D eigenvalue weighted by molar-refractivity contribution is -0.00815. The van der Waals surface area contributed by atoms with E-state index in [0.717, 1.165) is 0 Å². The molecule has 0 saturated carbocycles. The number of pyridine rings is 1. The Kier molecular flexibility index (Phi) is 5.09. The summed E-state index contributed by atoms with van der Waals surface area (Å²) in [6.45, 7) is 6.93. The normalized spacial score (nSPS) is 11.1. The number of carbonyl (C=O) groups is 1. The molecule has 0 fully saturated rings. The molecule has 5 nitrogen and oxygen atoms in total. The highest BCUT2D eigenvalue weighted by Crippen LogP contribution is 2.09. The molecule has 1 aromatic rings. The SMILES string of the molecule is CCOC(C)(C)CNC(=O)c1ccnc(NC)c1. The standard InChI is InChI=1S/C13H21N3O2/c1-5-18-13(2,3)9-16-12(17)10-6-7-15-11(8-10)14-4/h6-8H,5,9H2,1-4H3,(H,14,15)(H,16,17). The zero-order chi connectivity index (χ0) is 13.6. The van der Waals surface area contributed by atoms with E-state index in [1.807, 2.05) is 20.8 Å². The van der Waals surface area contributed by atoms with Crippen LogP contribution in [0, 0.1) is 0 Å². The van der Waals surface area contributed by atoms with Crippen molar-refractivity contribution in [3.63, 3.8) is 0 Å². The van der Waals surface area contributed by atoms with Gasteiger partial charge < -0.3 is 15.4 Å². The number of rotatable bonds is 6. The topological polar surface area (TPSA) is 63.2 Å². The summed E-state index contributed by atoms with van der Waals surface area (Å²) >= 11 is 0. The van der Waals surface area contributed by atoms with Gasteiger partial charge in [-0.15, -0.1) is 0 Å². The van der Waals surface area contributed by atoms with Gasteiger partial charge >= 0.3 is 0 Å². The maximum absolute atomic E-state index is 11.9. The molecule has 0 aliphatic rings. The van der Waals surface area contributed by atoms with E-state index in [4.69, 9.17) is 4.74 Å². The van der Waals surface area contributed by atoms with Crippen molar-refractivity contribution in [1.82, 2.24) is 10.3 Å². The number of amides is 1. The Morgan fingerprint density at radius 1 is 1.50 bits per heavy atom. The third-order valence-corrected chi connectivity index (χ3v) is 2.49. The summed E-state index contributed by atoms with van der Waals surface area (Å²) < 4.78 is 5.52. The molecule has 100 valence electrons. The first-order chi connectivity index (χ1) is 8.48. The molecule has 0 unspecified atom stereocenters. The summed E-state index contributed by atoms with van der Waals surface area (Å²) in [6, 6.07) is 3.40. The Bertz CT molecular complexity index is 405. The van der Waals surface area contributed by atoms with Crippen molar-refractivity contribution < 1.29 is 9.53 Å². The van der Waals surface area contributed by atoms with E-state index in [2.05, 4.69) is 15.6 Å². The van der Waals surface area contributed by atoms with Gasteiger partial charge in [-0.25, -0.2) is 4.98 Å². The molecule has 0 aliphatic carbocycles. The van der Waals surface area contributed by atoms with E-state index in [1.54, 1.807) is 25.4 Å². The molecule has 0 radical (unpaired) electrons. The molecular formula is C13H21N3O2. The van der Waals surface area contributed by atoms with Gasteiger partial charge in [0.1, 0.15) is 5.82 Å². The van der Waals surface area contributed by atoms with Gasteiger partial charge in [-0.3, -0.25) is 4.79 Å². The third-order valence-electron chi connectivity index (χ3n) is 2.49. The number of hydrogen-bond donors (Lipinski definition) is 2. The quantitative estimate of drug-likeness (QED) is 0.807. The van der Waals surface area contributed by atoms with Crippen molar-refractivity contribution in [3.8, 4) is 0 Å². The first-order valence-corrected chi connectivity index (χ1v) is 6.04. The minimum atomic E-state index is -0.358. The van der Waals surface area contributed by atoms with Crippen LogP contribution >= 0.6 is 0 Å². The maximum atomic E-state index is 11.9. The maximum Gasteiger partial charge on any atom is 0.251 e. The number of aromatic nitrogens is 1. The fourth-order valence-corrected chi connectivity index (χ4v) is 1.55. The van der Waals surface area contributed by atoms with Gasteiger partial charge in [-0.2, -0.15) is 0 Å². The van der Waals surface area contributed by atoms with Crippen molar-refractivity contribution in [2.45, 2.75) is 26.4 Å². The van der Waals surface area contributed by atoms with E-state index in [1.165, 1.54) is 0 Å². The van der Waals surface area contributed by atoms with Crippen LogP contribution in [0.5, 0.6) is 0 Å². The summed E-state index contributed by atoms with van der Waals surface area (Å²) in [5.74, 6) is 0.549. The summed E-state index contributed by atoms with van der Waals surface area (Å²) in [5, 5.41) is 5.75. The summed E-state index contributed by atoms with van der Waals surface area (Å²) in [5.41, 5.74) is 0.227. The zero-order valence-electron chi connectivity index (χ0n) is 11.4. The van der Waals surface area contributed by atoms with Crippen LogP contribution in [0.2, 0.25) is 0 Å². The Morgan fingerprint density at radius 2 is 2.22 bits per heavy atom. The van der Waals surface area contributed by atoms with Crippen molar-refractivity contribution in [3.05, 3.63) is 23.9 Å². The van der Waals surface area contributed by atoms with Crippen molar-refractivity contribution >= 4 is 11.7 Å². The first kappa shape index (κ1) is 14.4. The van der Waals surface area contributed by atoms with Crippen molar-refractivity contribution in [2.24, 2.45) is 0 Å². The van der Waals surface area contributed by atoms with Gasteiger partial charge in [0.2, 0.25) is 0 Å². The van der Waals surface area contributed by atoms with Gasteiger partial charge in [0.05, 0.1) is 5.60 Å². The summed E-state index contributed by atoms with van der Waals surface area (Å²) in [7, 11) is 1.77. The minimum absolute atomic E-state index is 0.123. The molecule has 1 rings (SSSR count). The number of anilines is 1. The van der Waals surface area contributed by atoms with Crippen LogP contribution in [0.15, 0.2) is 18.3 Å². The number of nitrogens with zero attached hydrogens (tertiary/aromatic N) is 1. The van der Waals surface area contributed by atoms with Crippen LogP contribution in [0.25, 0.3) is 0 Å². The number of nitrogens with one attached hydrogen (secondary N) is 2. The Hall–Kier alpha value is -1.62. The van der Waals surface area contributed by atoms with Crippen LogP contribution in [-0.2, 0) is 4.74 Å². The average molecular weight is 251 g/mol. The molecule has 0 atom stereocenters. The highest BCUT2D eigenvalue weighted by Gasteiger charge is 2.19. The van der Waals surface area contributed by atoms with Gasteiger partial charge in [0, 0.05) is 32.0 Å². The summed E-state index contributed by atoms with van der Waals surface area (Å²) in [6.07, 6.45) is 1.61. The minimum Gasteiger partial charge on any atom is -0.374 e. The Balaban J connectivity index is 2.60. The molecule has 5 heteroatoms. The second kappa shape index (κ2) is 6.35. The highest BCUT2D eigenvalue weighted by atomic mass is 16.5. The van der Waals surface area contributed by atoms with Gasteiger partial charge in [-0.05, 0) is 32.9 Å². The molecule has 0 bridgehead atoms. The van der Waals surface area contributed by atoms with E-state index < -0.39 is 0 Å². The van der Waals surface area contributed by atoms with Gasteiger partial charge in [0.25, 0.3) is 5.91 Å². The Labute approximate surface area is 108 Å². The highest BCUT2D eigenvalue weighted by molar-refractivity contribution is 5.94. The predicted molar refractivity (Wildman–Crippen MR) is 71.8 cm³/mol. The number of carbonyl (C=O) groups excluding carboxylic acids is 1. The van der Waals surface area contributed by atoms with Crippen LogP contribution in [0.1, 0.15) is 31.1 Å². The molecule has 0 saturated heterocycles. The third kappa shape index (κ3) is 4.33. The molecule has 1 aromatic heterocycles. The number of ether oxygens (including phenoxy) is 1. The monoisotopic (exact) mass is 251 g/mol.